The van der Waals surface area contributed by atoms with Gasteiger partial charge in [0.25, 0.3) is 0 Å². The summed E-state index contributed by atoms with van der Waals surface area (Å²) in [6, 6.07) is 4.21. The van der Waals surface area contributed by atoms with Crippen molar-refractivity contribution in [2.24, 2.45) is 5.92 Å². The Bertz CT molecular complexity index is 538. The molecule has 2 amide bonds. The lowest BCUT2D eigenvalue weighted by atomic mass is 9.96. The second-order valence-corrected chi connectivity index (χ2v) is 5.82. The molecule has 120 valence electrons. The van der Waals surface area contributed by atoms with Crippen molar-refractivity contribution in [1.29, 1.82) is 0 Å². The van der Waals surface area contributed by atoms with Gasteiger partial charge >= 0.3 is 6.03 Å². The fraction of sp³-hybridized carbons (Fsp3) is 0.562. The van der Waals surface area contributed by atoms with Gasteiger partial charge in [-0.1, -0.05) is 6.07 Å². The Balaban J connectivity index is 1.54. The third kappa shape index (κ3) is 3.39. The number of halogens is 1. The molecule has 2 saturated heterocycles. The van der Waals surface area contributed by atoms with E-state index in [9.17, 15) is 9.18 Å². The molecular weight excluding hydrogens is 287 g/mol. The van der Waals surface area contributed by atoms with Gasteiger partial charge in [0.05, 0.1) is 13.2 Å². The topological polar surface area (TPSA) is 50.8 Å². The Kier molecular flexibility index (Phi) is 4.59. The van der Waals surface area contributed by atoms with Crippen LogP contribution in [0.3, 0.4) is 0 Å². The smallest absolute Gasteiger partial charge is 0.321 e. The summed E-state index contributed by atoms with van der Waals surface area (Å²) in [5.74, 6) is -0.00223. The molecule has 0 spiro atoms. The molecule has 0 bridgehead atoms. The summed E-state index contributed by atoms with van der Waals surface area (Å²) >= 11 is 0. The highest BCUT2D eigenvalue weighted by molar-refractivity contribution is 5.90. The number of urea groups is 1. The highest BCUT2D eigenvalue weighted by Gasteiger charge is 2.31. The van der Waals surface area contributed by atoms with E-state index in [1.807, 2.05) is 6.92 Å². The van der Waals surface area contributed by atoms with E-state index in [-0.39, 0.29) is 18.1 Å². The van der Waals surface area contributed by atoms with Crippen LogP contribution in [0.4, 0.5) is 14.9 Å². The monoisotopic (exact) mass is 308 g/mol. The van der Waals surface area contributed by atoms with Crippen LogP contribution in [0.5, 0.6) is 0 Å². The number of carbonyl (C=O) groups is 1. The molecule has 0 unspecified atom stereocenters. The molecule has 1 aromatic rings. The van der Waals surface area contributed by atoms with Crippen molar-refractivity contribution in [2.45, 2.75) is 26.1 Å². The fourth-order valence-electron chi connectivity index (χ4n) is 2.95. The van der Waals surface area contributed by atoms with Gasteiger partial charge in [0, 0.05) is 24.7 Å². The van der Waals surface area contributed by atoms with Crippen molar-refractivity contribution in [3.8, 4) is 0 Å². The number of benzene rings is 1. The highest BCUT2D eigenvalue weighted by Crippen LogP contribution is 2.26. The van der Waals surface area contributed by atoms with E-state index < -0.39 is 0 Å². The molecule has 22 heavy (non-hydrogen) atoms. The summed E-state index contributed by atoms with van der Waals surface area (Å²) in [6.07, 6.45) is 1.61. The third-order valence-electron chi connectivity index (χ3n) is 4.30. The van der Waals surface area contributed by atoms with Crippen LogP contribution in [-0.4, -0.2) is 43.5 Å². The zero-order valence-corrected chi connectivity index (χ0v) is 12.7. The van der Waals surface area contributed by atoms with E-state index in [4.69, 9.17) is 9.47 Å². The lowest BCUT2D eigenvalue weighted by Gasteiger charge is -2.33. The second-order valence-electron chi connectivity index (χ2n) is 5.82. The average molecular weight is 308 g/mol. The number of anilines is 1. The second kappa shape index (κ2) is 6.62. The summed E-state index contributed by atoms with van der Waals surface area (Å²) in [6.45, 7) is 4.48. The normalized spacial score (nSPS) is 20.4. The number of likely N-dealkylation sites (tertiary alicyclic amines) is 1. The minimum atomic E-state index is -0.352. The molecule has 0 radical (unpaired) electrons. The third-order valence-corrected chi connectivity index (χ3v) is 4.30. The van der Waals surface area contributed by atoms with E-state index in [0.29, 0.717) is 37.9 Å². The van der Waals surface area contributed by atoms with Gasteiger partial charge in [0.2, 0.25) is 0 Å². The van der Waals surface area contributed by atoms with Crippen LogP contribution in [0.2, 0.25) is 0 Å². The van der Waals surface area contributed by atoms with Crippen LogP contribution in [-0.2, 0) is 9.47 Å². The standard InChI is InChI=1S/C16H21FN2O3/c1-11-2-3-13(17)10-14(11)18-16(20)19-6-4-12(5-7-19)15-21-8-9-22-15/h2-3,10,12,15H,4-9H2,1H3,(H,18,20). The van der Waals surface area contributed by atoms with Crippen LogP contribution in [0.15, 0.2) is 18.2 Å². The molecule has 0 saturated carbocycles. The van der Waals surface area contributed by atoms with Crippen molar-refractivity contribution in [1.82, 2.24) is 4.90 Å². The van der Waals surface area contributed by atoms with Gasteiger partial charge in [-0.25, -0.2) is 9.18 Å². The van der Waals surface area contributed by atoms with Crippen molar-refractivity contribution in [3.63, 3.8) is 0 Å². The van der Waals surface area contributed by atoms with Crippen LogP contribution < -0.4 is 5.32 Å². The van der Waals surface area contributed by atoms with Crippen LogP contribution >= 0.6 is 0 Å². The van der Waals surface area contributed by atoms with E-state index in [1.54, 1.807) is 11.0 Å². The molecule has 0 aliphatic carbocycles. The largest absolute Gasteiger partial charge is 0.350 e. The number of hydrogen-bond acceptors (Lipinski definition) is 3. The van der Waals surface area contributed by atoms with E-state index in [1.165, 1.54) is 12.1 Å². The molecule has 0 atom stereocenters. The van der Waals surface area contributed by atoms with Crippen molar-refractivity contribution >= 4 is 11.7 Å². The quantitative estimate of drug-likeness (QED) is 0.914. The number of rotatable bonds is 2. The zero-order valence-electron chi connectivity index (χ0n) is 12.7. The van der Waals surface area contributed by atoms with E-state index >= 15 is 0 Å². The number of carbonyl (C=O) groups excluding carboxylic acids is 1. The van der Waals surface area contributed by atoms with Gasteiger partial charge in [-0.15, -0.1) is 0 Å². The summed E-state index contributed by atoms with van der Waals surface area (Å²) in [7, 11) is 0. The van der Waals surface area contributed by atoms with Gasteiger partial charge in [0.1, 0.15) is 5.82 Å². The Labute approximate surface area is 129 Å². The number of ether oxygens (including phenoxy) is 2. The van der Waals surface area contributed by atoms with E-state index in [0.717, 1.165) is 18.4 Å². The maximum atomic E-state index is 13.3. The van der Waals surface area contributed by atoms with Crippen molar-refractivity contribution in [3.05, 3.63) is 29.6 Å². The minimum absolute atomic E-state index is 0.115. The summed E-state index contributed by atoms with van der Waals surface area (Å²) in [5, 5.41) is 2.79. The molecule has 2 aliphatic rings. The van der Waals surface area contributed by atoms with Crippen molar-refractivity contribution in [2.75, 3.05) is 31.6 Å². The average Bonchev–Trinajstić information content (AvgIpc) is 3.05. The Morgan fingerprint density at radius 3 is 2.64 bits per heavy atom. The molecule has 2 fully saturated rings. The zero-order chi connectivity index (χ0) is 15.5. The number of amides is 2. The molecular formula is C16H21FN2O3. The first-order valence-electron chi connectivity index (χ1n) is 7.69. The highest BCUT2D eigenvalue weighted by atomic mass is 19.1. The lowest BCUT2D eigenvalue weighted by Crippen LogP contribution is -2.43. The maximum Gasteiger partial charge on any atom is 0.321 e. The SMILES string of the molecule is Cc1ccc(F)cc1NC(=O)N1CCC(C2OCCO2)CC1. The molecule has 2 heterocycles. The van der Waals surface area contributed by atoms with Gasteiger partial charge in [-0.2, -0.15) is 0 Å². The van der Waals surface area contributed by atoms with Gasteiger partial charge in [0.15, 0.2) is 6.29 Å². The van der Waals surface area contributed by atoms with Crippen LogP contribution in [0, 0.1) is 18.7 Å². The molecule has 1 N–H and O–H groups in total. The Morgan fingerprint density at radius 2 is 1.95 bits per heavy atom. The first-order chi connectivity index (χ1) is 10.6. The molecule has 0 aromatic heterocycles. The molecule has 5 nitrogen and oxygen atoms in total. The minimum Gasteiger partial charge on any atom is -0.350 e. The van der Waals surface area contributed by atoms with Crippen LogP contribution in [0.1, 0.15) is 18.4 Å². The van der Waals surface area contributed by atoms with Gasteiger partial charge in [-0.05, 0) is 37.5 Å². The predicted molar refractivity (Wildman–Crippen MR) is 80.1 cm³/mol. The van der Waals surface area contributed by atoms with Gasteiger partial charge < -0.3 is 19.7 Å². The summed E-state index contributed by atoms with van der Waals surface area (Å²) < 4.78 is 24.3. The molecule has 1 aromatic carbocycles. The Hall–Kier alpha value is -1.66. The Morgan fingerprint density at radius 1 is 1.27 bits per heavy atom. The molecule has 6 heteroatoms. The fourth-order valence-corrected chi connectivity index (χ4v) is 2.95. The number of nitrogens with zero attached hydrogens (tertiary/aromatic N) is 1. The summed E-state index contributed by atoms with van der Waals surface area (Å²) in [5.41, 5.74) is 1.37. The predicted octanol–water partition coefficient (Wildman–Crippen LogP) is 2.75. The first kappa shape index (κ1) is 15.2. The first-order valence-corrected chi connectivity index (χ1v) is 7.69. The molecule has 3 rings (SSSR count). The van der Waals surface area contributed by atoms with E-state index in [2.05, 4.69) is 5.32 Å². The number of hydrogen-bond donors (Lipinski definition) is 1. The number of nitrogens with one attached hydrogen (secondary N) is 1. The maximum absolute atomic E-state index is 13.3. The summed E-state index contributed by atoms with van der Waals surface area (Å²) in [4.78, 5) is 14.0. The van der Waals surface area contributed by atoms with Gasteiger partial charge in [-0.3, -0.25) is 0 Å². The van der Waals surface area contributed by atoms with Crippen LogP contribution in [0.25, 0.3) is 0 Å². The van der Waals surface area contributed by atoms with Crippen molar-refractivity contribution < 1.29 is 18.7 Å². The number of piperidine rings is 1. The molecule has 2 aliphatic heterocycles. The number of aryl methyl sites for hydroxylation is 1. The lowest BCUT2D eigenvalue weighted by molar-refractivity contribution is -0.0950.